The van der Waals surface area contributed by atoms with Gasteiger partial charge in [-0.2, -0.15) is 0 Å². The zero-order valence-corrected chi connectivity index (χ0v) is 7.09. The van der Waals surface area contributed by atoms with Gasteiger partial charge >= 0.3 is 5.97 Å². The first kappa shape index (κ1) is 7.14. The SMILES string of the molecule is CC(C)[C@@]12CC[C@@H](C1)C(=O)O2. The van der Waals surface area contributed by atoms with Crippen molar-refractivity contribution in [1.29, 1.82) is 0 Å². The Labute approximate surface area is 66.9 Å². The molecule has 2 heteroatoms. The molecule has 1 aliphatic carbocycles. The number of hydrogen-bond acceptors (Lipinski definition) is 2. The van der Waals surface area contributed by atoms with Crippen LogP contribution in [0.5, 0.6) is 0 Å². The van der Waals surface area contributed by atoms with Crippen molar-refractivity contribution in [3.8, 4) is 0 Å². The third kappa shape index (κ3) is 0.815. The molecule has 2 fully saturated rings. The van der Waals surface area contributed by atoms with Gasteiger partial charge in [0.1, 0.15) is 5.60 Å². The van der Waals surface area contributed by atoms with Crippen LogP contribution in [0.3, 0.4) is 0 Å². The molecule has 0 unspecified atom stereocenters. The molecule has 1 saturated heterocycles. The van der Waals surface area contributed by atoms with Crippen LogP contribution in [0.4, 0.5) is 0 Å². The maximum Gasteiger partial charge on any atom is 0.309 e. The predicted molar refractivity (Wildman–Crippen MR) is 41.0 cm³/mol. The molecule has 1 heterocycles. The smallest absolute Gasteiger partial charge is 0.309 e. The lowest BCUT2D eigenvalue weighted by Crippen LogP contribution is -2.34. The lowest BCUT2D eigenvalue weighted by atomic mass is 9.89. The Morgan fingerprint density at radius 3 is 2.64 bits per heavy atom. The molecule has 0 spiro atoms. The van der Waals surface area contributed by atoms with Crippen molar-refractivity contribution in [1.82, 2.24) is 0 Å². The molecule has 2 nitrogen and oxygen atoms in total. The van der Waals surface area contributed by atoms with Crippen molar-refractivity contribution >= 4 is 5.97 Å². The molecule has 11 heavy (non-hydrogen) atoms. The van der Waals surface area contributed by atoms with E-state index in [0.29, 0.717) is 5.92 Å². The summed E-state index contributed by atoms with van der Waals surface area (Å²) in [4.78, 5) is 11.1. The van der Waals surface area contributed by atoms with E-state index < -0.39 is 0 Å². The Morgan fingerprint density at radius 2 is 2.36 bits per heavy atom. The standard InChI is InChI=1S/C9H14O2/c1-6(2)9-4-3-7(5-9)8(10)11-9/h6-7H,3-5H2,1-2H3/t7-,9+/m0/s1. The average molecular weight is 154 g/mol. The molecule has 0 N–H and O–H groups in total. The second-order valence-corrected chi connectivity index (χ2v) is 4.08. The van der Waals surface area contributed by atoms with Gasteiger partial charge in [-0.05, 0) is 18.8 Å². The van der Waals surface area contributed by atoms with E-state index in [9.17, 15) is 4.79 Å². The summed E-state index contributed by atoms with van der Waals surface area (Å²) in [5, 5.41) is 0. The zero-order valence-electron chi connectivity index (χ0n) is 7.09. The normalized spacial score (nSPS) is 41.7. The Morgan fingerprint density at radius 1 is 1.64 bits per heavy atom. The molecule has 2 bridgehead atoms. The summed E-state index contributed by atoms with van der Waals surface area (Å²) in [6, 6.07) is 0. The Bertz CT molecular complexity index is 198. The number of ether oxygens (including phenoxy) is 1. The summed E-state index contributed by atoms with van der Waals surface area (Å²) in [6.45, 7) is 4.28. The highest BCUT2D eigenvalue weighted by Gasteiger charge is 2.53. The molecule has 0 aromatic carbocycles. The lowest BCUT2D eigenvalue weighted by Gasteiger charge is -2.30. The van der Waals surface area contributed by atoms with Crippen LogP contribution in [0.1, 0.15) is 33.1 Å². The highest BCUT2D eigenvalue weighted by Crippen LogP contribution is 2.48. The average Bonchev–Trinajstić information content (AvgIpc) is 2.44. The number of fused-ring (bicyclic) bond motifs is 2. The molecule has 62 valence electrons. The van der Waals surface area contributed by atoms with Gasteiger partial charge in [-0.3, -0.25) is 4.79 Å². The molecular weight excluding hydrogens is 140 g/mol. The van der Waals surface area contributed by atoms with Gasteiger partial charge < -0.3 is 4.74 Å². The molecule has 0 amide bonds. The van der Waals surface area contributed by atoms with Gasteiger partial charge in [-0.15, -0.1) is 0 Å². The van der Waals surface area contributed by atoms with Crippen LogP contribution in [0.15, 0.2) is 0 Å². The minimum atomic E-state index is -0.0677. The highest BCUT2D eigenvalue weighted by atomic mass is 16.6. The van der Waals surface area contributed by atoms with Crippen molar-refractivity contribution in [2.75, 3.05) is 0 Å². The first-order valence-corrected chi connectivity index (χ1v) is 4.37. The third-order valence-corrected chi connectivity index (χ3v) is 3.20. The van der Waals surface area contributed by atoms with E-state index in [1.807, 2.05) is 0 Å². The minimum absolute atomic E-state index is 0.0463. The van der Waals surface area contributed by atoms with Crippen molar-refractivity contribution in [3.63, 3.8) is 0 Å². The van der Waals surface area contributed by atoms with E-state index in [1.54, 1.807) is 0 Å². The summed E-state index contributed by atoms with van der Waals surface area (Å²) in [7, 11) is 0. The van der Waals surface area contributed by atoms with Gasteiger partial charge in [0.15, 0.2) is 0 Å². The molecule has 2 rings (SSSR count). The van der Waals surface area contributed by atoms with Crippen molar-refractivity contribution in [2.24, 2.45) is 11.8 Å². The number of rotatable bonds is 1. The van der Waals surface area contributed by atoms with Crippen molar-refractivity contribution in [3.05, 3.63) is 0 Å². The third-order valence-electron chi connectivity index (χ3n) is 3.20. The Balaban J connectivity index is 2.23. The fraction of sp³-hybridized carbons (Fsp3) is 0.889. The molecule has 0 radical (unpaired) electrons. The lowest BCUT2D eigenvalue weighted by molar-refractivity contribution is -0.159. The van der Waals surface area contributed by atoms with E-state index in [0.717, 1.165) is 19.3 Å². The van der Waals surface area contributed by atoms with Gasteiger partial charge in [0.25, 0.3) is 0 Å². The topological polar surface area (TPSA) is 26.3 Å². The second kappa shape index (κ2) is 1.99. The van der Waals surface area contributed by atoms with Crippen LogP contribution in [-0.2, 0) is 9.53 Å². The summed E-state index contributed by atoms with van der Waals surface area (Å²) in [5.41, 5.74) is -0.0677. The van der Waals surface area contributed by atoms with E-state index in [2.05, 4.69) is 13.8 Å². The summed E-state index contributed by atoms with van der Waals surface area (Å²) in [5.74, 6) is 0.765. The van der Waals surface area contributed by atoms with Gasteiger partial charge in [-0.25, -0.2) is 0 Å². The molecular formula is C9H14O2. The predicted octanol–water partition coefficient (Wildman–Crippen LogP) is 1.74. The van der Waals surface area contributed by atoms with E-state index >= 15 is 0 Å². The van der Waals surface area contributed by atoms with E-state index in [-0.39, 0.29) is 17.5 Å². The van der Waals surface area contributed by atoms with Crippen LogP contribution >= 0.6 is 0 Å². The van der Waals surface area contributed by atoms with Crippen LogP contribution in [-0.4, -0.2) is 11.6 Å². The first-order chi connectivity index (χ1) is 5.14. The number of carbonyl (C=O) groups excluding carboxylic acids is 1. The molecule has 0 aromatic heterocycles. The van der Waals surface area contributed by atoms with Crippen molar-refractivity contribution in [2.45, 2.75) is 38.7 Å². The quantitative estimate of drug-likeness (QED) is 0.538. The van der Waals surface area contributed by atoms with E-state index in [1.165, 1.54) is 0 Å². The monoisotopic (exact) mass is 154 g/mol. The summed E-state index contributed by atoms with van der Waals surface area (Å²) in [6.07, 6.45) is 3.11. The van der Waals surface area contributed by atoms with E-state index in [4.69, 9.17) is 4.74 Å². The number of hydrogen-bond donors (Lipinski definition) is 0. The summed E-state index contributed by atoms with van der Waals surface area (Å²) < 4.78 is 5.37. The van der Waals surface area contributed by atoms with Gasteiger partial charge in [0, 0.05) is 6.42 Å². The fourth-order valence-corrected chi connectivity index (χ4v) is 2.26. The minimum Gasteiger partial charge on any atom is -0.459 e. The second-order valence-electron chi connectivity index (χ2n) is 4.08. The van der Waals surface area contributed by atoms with Crippen LogP contribution in [0.2, 0.25) is 0 Å². The van der Waals surface area contributed by atoms with Gasteiger partial charge in [0.05, 0.1) is 5.92 Å². The largest absolute Gasteiger partial charge is 0.459 e. The van der Waals surface area contributed by atoms with Crippen LogP contribution in [0, 0.1) is 11.8 Å². The van der Waals surface area contributed by atoms with Crippen LogP contribution < -0.4 is 0 Å². The molecule has 2 atom stereocenters. The number of esters is 1. The molecule has 2 aliphatic rings. The van der Waals surface area contributed by atoms with Gasteiger partial charge in [-0.1, -0.05) is 13.8 Å². The number of carbonyl (C=O) groups is 1. The Hall–Kier alpha value is -0.530. The zero-order chi connectivity index (χ0) is 8.06. The molecule has 1 aliphatic heterocycles. The maximum absolute atomic E-state index is 11.1. The van der Waals surface area contributed by atoms with Crippen molar-refractivity contribution < 1.29 is 9.53 Å². The van der Waals surface area contributed by atoms with Gasteiger partial charge in [0.2, 0.25) is 0 Å². The highest BCUT2D eigenvalue weighted by molar-refractivity contribution is 5.76. The van der Waals surface area contributed by atoms with Crippen LogP contribution in [0.25, 0.3) is 0 Å². The maximum atomic E-state index is 11.1. The molecule has 1 saturated carbocycles. The molecule has 0 aromatic rings. The first-order valence-electron chi connectivity index (χ1n) is 4.37. The Kier molecular flexibility index (Phi) is 1.29. The summed E-state index contributed by atoms with van der Waals surface area (Å²) >= 11 is 0. The fourth-order valence-electron chi connectivity index (χ4n) is 2.26.